The average Bonchev–Trinajstić information content (AvgIpc) is 3.42. The van der Waals surface area contributed by atoms with Crippen LogP contribution in [0.5, 0.6) is 0 Å². The van der Waals surface area contributed by atoms with E-state index in [9.17, 15) is 18.4 Å². The van der Waals surface area contributed by atoms with Gasteiger partial charge >= 0.3 is 6.09 Å². The minimum atomic E-state index is -0.625. The van der Waals surface area contributed by atoms with Gasteiger partial charge in [-0.05, 0) is 112 Å². The molecule has 4 aromatic rings. The molecule has 6 rings (SSSR count). The SMILES string of the molecule is CC(C)(C)OC(=O)N1CCC(c2ccc(C(=O)Nc3n[nH]c4ccc(Cc5cc(F)cc(F)c5)cc34)c(NC3CCOCC3)c2)CC1. The summed E-state index contributed by atoms with van der Waals surface area (Å²) in [6.45, 7) is 8.13. The summed E-state index contributed by atoms with van der Waals surface area (Å²) in [5, 5.41) is 14.6. The number of anilines is 2. The first-order chi connectivity index (χ1) is 22.5. The Hall–Kier alpha value is -4.51. The van der Waals surface area contributed by atoms with Gasteiger partial charge in [0.05, 0.1) is 11.1 Å². The molecule has 1 aromatic heterocycles. The number of aromatic nitrogens is 2. The fourth-order valence-corrected chi connectivity index (χ4v) is 6.31. The van der Waals surface area contributed by atoms with Crippen molar-refractivity contribution in [1.82, 2.24) is 15.1 Å². The molecule has 9 nitrogen and oxygen atoms in total. The van der Waals surface area contributed by atoms with Crippen molar-refractivity contribution in [3.8, 4) is 0 Å². The topological polar surface area (TPSA) is 109 Å². The Morgan fingerprint density at radius 2 is 1.68 bits per heavy atom. The molecule has 2 amide bonds. The van der Waals surface area contributed by atoms with Crippen molar-refractivity contribution >= 4 is 34.4 Å². The fraction of sp³-hybridized carbons (Fsp3) is 0.417. The number of aromatic amines is 1. The molecule has 3 heterocycles. The number of carbonyl (C=O) groups is 2. The molecule has 2 saturated heterocycles. The maximum absolute atomic E-state index is 13.8. The zero-order valence-electron chi connectivity index (χ0n) is 27.0. The number of amides is 2. The van der Waals surface area contributed by atoms with Gasteiger partial charge in [-0.1, -0.05) is 12.1 Å². The molecule has 0 saturated carbocycles. The first-order valence-corrected chi connectivity index (χ1v) is 16.2. The first kappa shape index (κ1) is 32.4. The average molecular weight is 646 g/mol. The molecule has 0 atom stereocenters. The summed E-state index contributed by atoms with van der Waals surface area (Å²) >= 11 is 0. The molecule has 3 aromatic carbocycles. The van der Waals surface area contributed by atoms with E-state index in [0.717, 1.165) is 54.1 Å². The number of benzene rings is 3. The van der Waals surface area contributed by atoms with Crippen molar-refractivity contribution in [3.05, 3.63) is 88.5 Å². The Labute approximate surface area is 273 Å². The molecule has 0 radical (unpaired) electrons. The zero-order valence-corrected chi connectivity index (χ0v) is 27.0. The number of fused-ring (bicyclic) bond motifs is 1. The van der Waals surface area contributed by atoms with Crippen molar-refractivity contribution in [2.45, 2.75) is 70.4 Å². The van der Waals surface area contributed by atoms with E-state index in [1.165, 1.54) is 12.1 Å². The Bertz CT molecular complexity index is 1730. The number of rotatable bonds is 7. The molecule has 0 bridgehead atoms. The van der Waals surface area contributed by atoms with Crippen LogP contribution in [0.2, 0.25) is 0 Å². The Kier molecular flexibility index (Phi) is 9.45. The highest BCUT2D eigenvalue weighted by atomic mass is 19.1. The Balaban J connectivity index is 1.21. The summed E-state index contributed by atoms with van der Waals surface area (Å²) in [7, 11) is 0. The molecule has 0 aliphatic carbocycles. The maximum atomic E-state index is 13.8. The second-order valence-corrected chi connectivity index (χ2v) is 13.4. The lowest BCUT2D eigenvalue weighted by Gasteiger charge is -2.34. The van der Waals surface area contributed by atoms with Crippen LogP contribution in [0, 0.1) is 11.6 Å². The molecule has 2 aliphatic rings. The van der Waals surface area contributed by atoms with Crippen molar-refractivity contribution in [2.24, 2.45) is 0 Å². The number of H-pyrrole nitrogens is 1. The lowest BCUT2D eigenvalue weighted by Crippen LogP contribution is -2.41. The van der Waals surface area contributed by atoms with E-state index in [1.807, 2.05) is 51.1 Å². The first-order valence-electron chi connectivity index (χ1n) is 16.2. The summed E-state index contributed by atoms with van der Waals surface area (Å²) in [5.41, 5.74) is 3.87. The van der Waals surface area contributed by atoms with Crippen LogP contribution in [-0.4, -0.2) is 65.0 Å². The normalized spacial score (nSPS) is 16.3. The van der Waals surface area contributed by atoms with E-state index in [0.29, 0.717) is 55.1 Å². The standard InChI is InChI=1S/C36H41F2N5O4/c1-36(2,3)47-35(45)43-12-8-24(9-13-43)25-5-6-29(32(20-25)39-28-10-14-46-15-11-28)34(44)40-33-30-19-22(4-7-31(30)41-42-33)16-23-17-26(37)21-27(38)18-23/h4-7,17-21,24,28,39H,8-16H2,1-3H3,(H2,40,41,42,44). The minimum Gasteiger partial charge on any atom is -0.444 e. The largest absolute Gasteiger partial charge is 0.444 e. The van der Waals surface area contributed by atoms with Gasteiger partial charge in [0.2, 0.25) is 0 Å². The van der Waals surface area contributed by atoms with Crippen LogP contribution in [0.25, 0.3) is 10.9 Å². The molecule has 0 spiro atoms. The third-order valence-electron chi connectivity index (χ3n) is 8.68. The smallest absolute Gasteiger partial charge is 0.410 e. The summed E-state index contributed by atoms with van der Waals surface area (Å²) in [4.78, 5) is 28.2. The summed E-state index contributed by atoms with van der Waals surface area (Å²) in [6, 6.07) is 15.1. The van der Waals surface area contributed by atoms with Crippen LogP contribution in [0.1, 0.15) is 79.4 Å². The number of hydrogen-bond acceptors (Lipinski definition) is 6. The predicted octanol–water partition coefficient (Wildman–Crippen LogP) is 7.39. The molecule has 11 heteroatoms. The van der Waals surface area contributed by atoms with Gasteiger partial charge in [-0.3, -0.25) is 9.89 Å². The van der Waals surface area contributed by atoms with Crippen LogP contribution in [0.3, 0.4) is 0 Å². The van der Waals surface area contributed by atoms with Crippen molar-refractivity contribution in [3.63, 3.8) is 0 Å². The number of ether oxygens (including phenoxy) is 2. The van der Waals surface area contributed by atoms with E-state index in [-0.39, 0.29) is 24.0 Å². The van der Waals surface area contributed by atoms with Crippen LogP contribution in [-0.2, 0) is 15.9 Å². The van der Waals surface area contributed by atoms with E-state index in [2.05, 4.69) is 26.9 Å². The molecule has 2 fully saturated rings. The van der Waals surface area contributed by atoms with Gasteiger partial charge in [0.1, 0.15) is 17.2 Å². The van der Waals surface area contributed by atoms with E-state index in [4.69, 9.17) is 9.47 Å². The number of nitrogens with one attached hydrogen (secondary N) is 3. The lowest BCUT2D eigenvalue weighted by molar-refractivity contribution is 0.0204. The quantitative estimate of drug-likeness (QED) is 0.194. The Morgan fingerprint density at radius 1 is 0.957 bits per heavy atom. The molecular formula is C36H41F2N5O4. The minimum absolute atomic E-state index is 0.168. The van der Waals surface area contributed by atoms with Crippen LogP contribution < -0.4 is 10.6 Å². The van der Waals surface area contributed by atoms with Crippen LogP contribution in [0.4, 0.5) is 25.1 Å². The van der Waals surface area contributed by atoms with Gasteiger partial charge in [0, 0.05) is 49.5 Å². The van der Waals surface area contributed by atoms with Gasteiger partial charge in [0.15, 0.2) is 5.82 Å². The van der Waals surface area contributed by atoms with Crippen molar-refractivity contribution in [1.29, 1.82) is 0 Å². The number of nitrogens with zero attached hydrogens (tertiary/aromatic N) is 2. The Morgan fingerprint density at radius 3 is 2.38 bits per heavy atom. The van der Waals surface area contributed by atoms with Crippen LogP contribution in [0.15, 0.2) is 54.6 Å². The number of halogens is 2. The van der Waals surface area contributed by atoms with Crippen LogP contribution >= 0.6 is 0 Å². The number of hydrogen-bond donors (Lipinski definition) is 3. The molecule has 3 N–H and O–H groups in total. The molecule has 0 unspecified atom stereocenters. The molecular weight excluding hydrogens is 604 g/mol. The molecule has 248 valence electrons. The van der Waals surface area contributed by atoms with Gasteiger partial charge in [-0.15, -0.1) is 0 Å². The van der Waals surface area contributed by atoms with Crippen molar-refractivity contribution < 1.29 is 27.8 Å². The summed E-state index contributed by atoms with van der Waals surface area (Å²) < 4.78 is 38.7. The van der Waals surface area contributed by atoms with E-state index >= 15 is 0 Å². The number of piperidine rings is 1. The zero-order chi connectivity index (χ0) is 33.1. The van der Waals surface area contributed by atoms with Gasteiger partial charge in [-0.2, -0.15) is 5.10 Å². The number of likely N-dealkylation sites (tertiary alicyclic amines) is 1. The van der Waals surface area contributed by atoms with E-state index < -0.39 is 17.2 Å². The van der Waals surface area contributed by atoms with Gasteiger partial charge in [0.25, 0.3) is 5.91 Å². The molecule has 47 heavy (non-hydrogen) atoms. The summed E-state index contributed by atoms with van der Waals surface area (Å²) in [6.07, 6.45) is 3.30. The third kappa shape index (κ3) is 8.08. The van der Waals surface area contributed by atoms with Gasteiger partial charge in [-0.25, -0.2) is 13.6 Å². The highest BCUT2D eigenvalue weighted by Gasteiger charge is 2.28. The number of carbonyl (C=O) groups excluding carboxylic acids is 2. The highest BCUT2D eigenvalue weighted by molar-refractivity contribution is 6.10. The monoisotopic (exact) mass is 645 g/mol. The lowest BCUT2D eigenvalue weighted by atomic mass is 9.88. The molecule has 2 aliphatic heterocycles. The van der Waals surface area contributed by atoms with Gasteiger partial charge < -0.3 is 25.0 Å². The summed E-state index contributed by atoms with van der Waals surface area (Å²) in [5.74, 6) is -0.953. The second-order valence-electron chi connectivity index (χ2n) is 13.4. The highest BCUT2D eigenvalue weighted by Crippen LogP contribution is 2.33. The van der Waals surface area contributed by atoms with E-state index in [1.54, 1.807) is 4.90 Å². The third-order valence-corrected chi connectivity index (χ3v) is 8.68. The maximum Gasteiger partial charge on any atom is 0.410 e. The second kappa shape index (κ2) is 13.7. The fourth-order valence-electron chi connectivity index (χ4n) is 6.31. The predicted molar refractivity (Wildman–Crippen MR) is 177 cm³/mol. The van der Waals surface area contributed by atoms with Crippen molar-refractivity contribution in [2.75, 3.05) is 36.9 Å².